The van der Waals surface area contributed by atoms with Gasteiger partial charge in [0.15, 0.2) is 5.13 Å². The van der Waals surface area contributed by atoms with Gasteiger partial charge in [-0.3, -0.25) is 14.4 Å². The van der Waals surface area contributed by atoms with Crippen LogP contribution in [0.15, 0.2) is 11.6 Å². The van der Waals surface area contributed by atoms with E-state index in [1.807, 2.05) is 20.8 Å². The van der Waals surface area contributed by atoms with E-state index in [1.54, 1.807) is 16.5 Å². The summed E-state index contributed by atoms with van der Waals surface area (Å²) < 4.78 is 0. The SMILES string of the molecule is CCC(C)(C)NC(=O)CN(C(=O)CCC(=O)Nc1nccs1)C1CCCC1. The van der Waals surface area contributed by atoms with E-state index in [2.05, 4.69) is 15.6 Å². The van der Waals surface area contributed by atoms with Crippen LogP contribution in [-0.4, -0.2) is 45.7 Å². The molecule has 2 rings (SSSR count). The molecule has 1 saturated carbocycles. The van der Waals surface area contributed by atoms with Crippen molar-refractivity contribution in [3.8, 4) is 0 Å². The van der Waals surface area contributed by atoms with Crippen molar-refractivity contribution in [2.45, 2.75) is 77.3 Å². The minimum Gasteiger partial charge on any atom is -0.350 e. The van der Waals surface area contributed by atoms with Crippen molar-refractivity contribution in [1.82, 2.24) is 15.2 Å². The summed E-state index contributed by atoms with van der Waals surface area (Å²) in [6, 6.07) is 0.0926. The van der Waals surface area contributed by atoms with Crippen LogP contribution in [0.1, 0.15) is 65.7 Å². The number of hydrogen-bond donors (Lipinski definition) is 2. The number of amides is 3. The van der Waals surface area contributed by atoms with Gasteiger partial charge in [-0.2, -0.15) is 0 Å². The number of carbonyl (C=O) groups excluding carboxylic acids is 3. The van der Waals surface area contributed by atoms with Gasteiger partial charge in [0.1, 0.15) is 0 Å². The van der Waals surface area contributed by atoms with E-state index in [4.69, 9.17) is 0 Å². The van der Waals surface area contributed by atoms with Gasteiger partial charge >= 0.3 is 0 Å². The third kappa shape index (κ3) is 6.93. The van der Waals surface area contributed by atoms with Crippen LogP contribution < -0.4 is 10.6 Å². The highest BCUT2D eigenvalue weighted by Crippen LogP contribution is 2.24. The molecule has 1 fully saturated rings. The molecule has 0 aromatic carbocycles. The summed E-state index contributed by atoms with van der Waals surface area (Å²) in [4.78, 5) is 42.9. The quantitative estimate of drug-likeness (QED) is 0.674. The summed E-state index contributed by atoms with van der Waals surface area (Å²) in [6.07, 6.45) is 6.59. The lowest BCUT2D eigenvalue weighted by Gasteiger charge is -2.31. The van der Waals surface area contributed by atoms with Crippen molar-refractivity contribution < 1.29 is 14.4 Å². The van der Waals surface area contributed by atoms with Crippen molar-refractivity contribution >= 4 is 34.2 Å². The van der Waals surface area contributed by atoms with Crippen molar-refractivity contribution in [3.05, 3.63) is 11.6 Å². The van der Waals surface area contributed by atoms with Gasteiger partial charge in [0.25, 0.3) is 0 Å². The molecular formula is C19H30N4O3S. The molecule has 0 atom stereocenters. The molecule has 0 aliphatic heterocycles. The predicted molar refractivity (Wildman–Crippen MR) is 106 cm³/mol. The molecule has 7 nitrogen and oxygen atoms in total. The summed E-state index contributed by atoms with van der Waals surface area (Å²) in [5.74, 6) is -0.517. The molecule has 27 heavy (non-hydrogen) atoms. The zero-order valence-corrected chi connectivity index (χ0v) is 17.2. The Labute approximate surface area is 164 Å². The molecule has 8 heteroatoms. The van der Waals surface area contributed by atoms with Crippen LogP contribution in [0, 0.1) is 0 Å². The molecule has 2 N–H and O–H groups in total. The first kappa shape index (κ1) is 21.3. The molecule has 1 aliphatic carbocycles. The molecule has 0 bridgehead atoms. The van der Waals surface area contributed by atoms with Crippen molar-refractivity contribution in [2.75, 3.05) is 11.9 Å². The number of carbonyl (C=O) groups is 3. The summed E-state index contributed by atoms with van der Waals surface area (Å²) >= 11 is 1.34. The first-order valence-corrected chi connectivity index (χ1v) is 10.5. The fourth-order valence-electron chi connectivity index (χ4n) is 3.13. The fourth-order valence-corrected chi connectivity index (χ4v) is 3.67. The van der Waals surface area contributed by atoms with E-state index in [-0.39, 0.29) is 48.7 Å². The number of nitrogens with one attached hydrogen (secondary N) is 2. The zero-order valence-electron chi connectivity index (χ0n) is 16.4. The van der Waals surface area contributed by atoms with Crippen LogP contribution in [0.3, 0.4) is 0 Å². The normalized spacial score (nSPS) is 14.8. The standard InChI is InChI=1S/C19H30N4O3S/c1-4-19(2,3)22-16(25)13-23(14-7-5-6-8-14)17(26)10-9-15(24)21-18-20-11-12-27-18/h11-12,14H,4-10,13H2,1-3H3,(H,22,25)(H,20,21,24). The van der Waals surface area contributed by atoms with Crippen LogP contribution in [0.4, 0.5) is 5.13 Å². The van der Waals surface area contributed by atoms with E-state index in [9.17, 15) is 14.4 Å². The van der Waals surface area contributed by atoms with Crippen LogP contribution in [0.2, 0.25) is 0 Å². The van der Waals surface area contributed by atoms with Crippen LogP contribution in [0.25, 0.3) is 0 Å². The predicted octanol–water partition coefficient (Wildman–Crippen LogP) is 2.94. The maximum atomic E-state index is 12.8. The van der Waals surface area contributed by atoms with Crippen molar-refractivity contribution in [1.29, 1.82) is 0 Å². The third-order valence-corrected chi connectivity index (χ3v) is 5.69. The Balaban J connectivity index is 1.91. The Morgan fingerprint density at radius 3 is 2.52 bits per heavy atom. The largest absolute Gasteiger partial charge is 0.350 e. The Hall–Kier alpha value is -1.96. The average molecular weight is 395 g/mol. The molecule has 1 heterocycles. The van der Waals surface area contributed by atoms with E-state index in [0.717, 1.165) is 32.1 Å². The summed E-state index contributed by atoms with van der Waals surface area (Å²) in [5, 5.41) is 7.98. The second-order valence-corrected chi connectivity index (χ2v) is 8.53. The maximum absolute atomic E-state index is 12.8. The molecule has 1 aromatic heterocycles. The number of rotatable bonds is 9. The van der Waals surface area contributed by atoms with E-state index in [0.29, 0.717) is 5.13 Å². The minimum atomic E-state index is -0.297. The lowest BCUT2D eigenvalue weighted by Crippen LogP contribution is -2.50. The first-order valence-electron chi connectivity index (χ1n) is 9.60. The van der Waals surface area contributed by atoms with Gasteiger partial charge in [0.2, 0.25) is 17.7 Å². The average Bonchev–Trinajstić information content (AvgIpc) is 3.31. The molecule has 0 saturated heterocycles. The molecule has 3 amide bonds. The van der Waals surface area contributed by atoms with Crippen molar-refractivity contribution in [3.63, 3.8) is 0 Å². The zero-order chi connectivity index (χ0) is 19.9. The minimum absolute atomic E-state index is 0.0566. The Morgan fingerprint density at radius 1 is 1.22 bits per heavy atom. The van der Waals surface area contributed by atoms with Crippen LogP contribution in [0.5, 0.6) is 0 Å². The highest BCUT2D eigenvalue weighted by Gasteiger charge is 2.29. The van der Waals surface area contributed by atoms with E-state index in [1.165, 1.54) is 11.3 Å². The Bertz CT molecular complexity index is 639. The number of thiazole rings is 1. The highest BCUT2D eigenvalue weighted by molar-refractivity contribution is 7.13. The maximum Gasteiger partial charge on any atom is 0.240 e. The molecule has 150 valence electrons. The van der Waals surface area contributed by atoms with Gasteiger partial charge in [-0.05, 0) is 33.1 Å². The molecule has 1 aliphatic rings. The molecule has 0 radical (unpaired) electrons. The van der Waals surface area contributed by atoms with Crippen LogP contribution >= 0.6 is 11.3 Å². The fraction of sp³-hybridized carbons (Fsp3) is 0.684. The first-order chi connectivity index (χ1) is 12.8. The highest BCUT2D eigenvalue weighted by atomic mass is 32.1. The number of hydrogen-bond acceptors (Lipinski definition) is 5. The van der Waals surface area contributed by atoms with Gasteiger partial charge in [-0.1, -0.05) is 19.8 Å². The van der Waals surface area contributed by atoms with E-state index >= 15 is 0 Å². The molecule has 0 unspecified atom stereocenters. The summed E-state index contributed by atoms with van der Waals surface area (Å²) in [7, 11) is 0. The van der Waals surface area contributed by atoms with Crippen LogP contribution in [-0.2, 0) is 14.4 Å². The number of nitrogens with zero attached hydrogens (tertiary/aromatic N) is 2. The lowest BCUT2D eigenvalue weighted by atomic mass is 10.0. The Morgan fingerprint density at radius 2 is 1.93 bits per heavy atom. The Kier molecular flexibility index (Phi) is 7.77. The molecule has 0 spiro atoms. The topological polar surface area (TPSA) is 91.4 Å². The smallest absolute Gasteiger partial charge is 0.240 e. The lowest BCUT2D eigenvalue weighted by molar-refractivity contribution is -0.139. The number of aromatic nitrogens is 1. The van der Waals surface area contributed by atoms with Crippen molar-refractivity contribution in [2.24, 2.45) is 0 Å². The monoisotopic (exact) mass is 394 g/mol. The van der Waals surface area contributed by atoms with Gasteiger partial charge in [0.05, 0.1) is 6.54 Å². The van der Waals surface area contributed by atoms with Gasteiger partial charge in [-0.25, -0.2) is 4.98 Å². The third-order valence-electron chi connectivity index (χ3n) is 5.01. The molecule has 1 aromatic rings. The van der Waals surface area contributed by atoms with Gasteiger partial charge in [-0.15, -0.1) is 11.3 Å². The second-order valence-electron chi connectivity index (χ2n) is 7.63. The van der Waals surface area contributed by atoms with Gasteiger partial charge < -0.3 is 15.5 Å². The number of anilines is 1. The van der Waals surface area contributed by atoms with E-state index < -0.39 is 0 Å². The summed E-state index contributed by atoms with van der Waals surface area (Å²) in [6.45, 7) is 6.01. The van der Waals surface area contributed by atoms with Gasteiger partial charge in [0, 0.05) is 36.0 Å². The summed E-state index contributed by atoms with van der Waals surface area (Å²) in [5.41, 5.74) is -0.297. The molecular weight excluding hydrogens is 364 g/mol. The second kappa shape index (κ2) is 9.82.